The minimum Gasteiger partial charge on any atom is -0.504 e. The van der Waals surface area contributed by atoms with Gasteiger partial charge in [-0.2, -0.15) is 22.7 Å². The molecule has 2 unspecified atom stereocenters. The highest BCUT2D eigenvalue weighted by Crippen LogP contribution is 2.42. The number of nitrogens with one attached hydrogen (secondary N) is 1. The van der Waals surface area contributed by atoms with E-state index in [4.69, 9.17) is 21.3 Å². The zero-order valence-corrected chi connectivity index (χ0v) is 27.6. The van der Waals surface area contributed by atoms with Gasteiger partial charge in [0.15, 0.2) is 17.3 Å². The van der Waals surface area contributed by atoms with Crippen LogP contribution in [0.5, 0.6) is 5.75 Å². The molecule has 6 heterocycles. The predicted molar refractivity (Wildman–Crippen MR) is 174 cm³/mol. The number of benzene rings is 1. The molecule has 0 spiro atoms. The number of nitrogens with zero attached hydrogens (tertiary/aromatic N) is 8. The van der Waals surface area contributed by atoms with Gasteiger partial charge in [0, 0.05) is 32.1 Å². The van der Waals surface area contributed by atoms with Crippen molar-refractivity contribution < 1.29 is 32.6 Å². The zero-order chi connectivity index (χ0) is 35.5. The second kappa shape index (κ2) is 12.7. The Morgan fingerprint density at radius 3 is 2.58 bits per heavy atom. The van der Waals surface area contributed by atoms with Crippen molar-refractivity contribution in [2.45, 2.75) is 44.8 Å². The van der Waals surface area contributed by atoms with E-state index >= 15 is 0 Å². The molecule has 50 heavy (non-hydrogen) atoms. The number of carbonyl (C=O) groups excluding carboxylic acids is 2. The van der Waals surface area contributed by atoms with Crippen LogP contribution in [-0.4, -0.2) is 90.3 Å². The SMILES string of the molecule is Cc1ncnc(C(=O)N2CCN(c3c4n(c5nc(C6=CCOCC6)nn5c3=O)C(C(=O)Nc3ccc(C(F)(F)F)cc3Cl)CC4C)CC2)c1O. The second-order valence-corrected chi connectivity index (χ2v) is 12.8. The molecule has 3 aliphatic rings. The summed E-state index contributed by atoms with van der Waals surface area (Å²) in [5.74, 6) is -1.19. The highest BCUT2D eigenvalue weighted by atomic mass is 35.5. The van der Waals surface area contributed by atoms with Crippen LogP contribution < -0.4 is 15.8 Å². The van der Waals surface area contributed by atoms with Crippen molar-refractivity contribution in [3.8, 4) is 5.75 Å². The van der Waals surface area contributed by atoms with Crippen molar-refractivity contribution in [3.63, 3.8) is 0 Å². The van der Waals surface area contributed by atoms with Crippen LogP contribution in [0.25, 0.3) is 11.4 Å². The van der Waals surface area contributed by atoms with E-state index in [1.165, 1.54) is 15.7 Å². The van der Waals surface area contributed by atoms with Crippen LogP contribution >= 0.6 is 11.6 Å². The van der Waals surface area contributed by atoms with Crippen LogP contribution in [-0.2, 0) is 15.7 Å². The summed E-state index contributed by atoms with van der Waals surface area (Å²) in [4.78, 5) is 57.4. The summed E-state index contributed by atoms with van der Waals surface area (Å²) in [7, 11) is 0. The van der Waals surface area contributed by atoms with Gasteiger partial charge in [0.1, 0.15) is 18.1 Å². The molecule has 0 saturated carbocycles. The molecule has 3 aromatic heterocycles. The Bertz CT molecular complexity index is 2120. The van der Waals surface area contributed by atoms with Gasteiger partial charge in [-0.1, -0.05) is 24.6 Å². The van der Waals surface area contributed by atoms with E-state index in [-0.39, 0.29) is 72.1 Å². The van der Waals surface area contributed by atoms with Crippen molar-refractivity contribution in [3.05, 3.63) is 74.4 Å². The molecule has 2 atom stereocenters. The average Bonchev–Trinajstić information content (AvgIpc) is 3.69. The summed E-state index contributed by atoms with van der Waals surface area (Å²) >= 11 is 6.18. The number of rotatable bonds is 5. The number of alkyl halides is 3. The third-order valence-electron chi connectivity index (χ3n) is 9.26. The molecule has 0 radical (unpaired) electrons. The molecule has 1 fully saturated rings. The largest absolute Gasteiger partial charge is 0.504 e. The van der Waals surface area contributed by atoms with E-state index in [0.717, 1.165) is 23.8 Å². The molecular formula is C32H31ClF3N9O5. The first-order valence-corrected chi connectivity index (χ1v) is 16.3. The molecule has 18 heteroatoms. The van der Waals surface area contributed by atoms with Crippen molar-refractivity contribution >= 4 is 46.1 Å². The fraction of sp³-hybridized carbons (Fsp3) is 0.406. The van der Waals surface area contributed by atoms with E-state index < -0.39 is 35.2 Å². The van der Waals surface area contributed by atoms with Gasteiger partial charge >= 0.3 is 6.18 Å². The molecule has 1 aromatic carbocycles. The molecule has 262 valence electrons. The molecule has 3 aliphatic heterocycles. The van der Waals surface area contributed by atoms with E-state index in [0.29, 0.717) is 36.8 Å². The number of hydrogen-bond acceptors (Lipinski definition) is 10. The van der Waals surface area contributed by atoms with Crippen LogP contribution in [0.1, 0.15) is 65.0 Å². The van der Waals surface area contributed by atoms with Gasteiger partial charge in [-0.25, -0.2) is 9.97 Å². The number of hydrogen-bond donors (Lipinski definition) is 2. The van der Waals surface area contributed by atoms with Crippen molar-refractivity contribution in [1.29, 1.82) is 0 Å². The minimum atomic E-state index is -4.61. The summed E-state index contributed by atoms with van der Waals surface area (Å²) < 4.78 is 48.0. The van der Waals surface area contributed by atoms with Crippen LogP contribution in [0, 0.1) is 6.92 Å². The summed E-state index contributed by atoms with van der Waals surface area (Å²) in [6.07, 6.45) is -0.795. The van der Waals surface area contributed by atoms with Crippen LogP contribution in [0.2, 0.25) is 5.02 Å². The smallest absolute Gasteiger partial charge is 0.416 e. The van der Waals surface area contributed by atoms with Crippen LogP contribution in [0.3, 0.4) is 0 Å². The number of aromatic nitrogens is 6. The lowest BCUT2D eigenvalue weighted by Crippen LogP contribution is -2.51. The monoisotopic (exact) mass is 713 g/mol. The second-order valence-electron chi connectivity index (χ2n) is 12.4. The highest BCUT2D eigenvalue weighted by molar-refractivity contribution is 6.33. The van der Waals surface area contributed by atoms with Gasteiger partial charge in [-0.15, -0.1) is 5.10 Å². The van der Waals surface area contributed by atoms with Gasteiger partial charge < -0.3 is 25.0 Å². The third-order valence-corrected chi connectivity index (χ3v) is 9.57. The van der Waals surface area contributed by atoms with Crippen LogP contribution in [0.15, 0.2) is 35.4 Å². The van der Waals surface area contributed by atoms with Gasteiger partial charge in [-0.05, 0) is 43.5 Å². The fourth-order valence-corrected chi connectivity index (χ4v) is 6.89. The van der Waals surface area contributed by atoms with Crippen LogP contribution in [0.4, 0.5) is 24.5 Å². The summed E-state index contributed by atoms with van der Waals surface area (Å²) in [5.41, 5.74) is 0.408. The van der Waals surface area contributed by atoms with Gasteiger partial charge in [-0.3, -0.25) is 19.0 Å². The van der Waals surface area contributed by atoms with Gasteiger partial charge in [0.2, 0.25) is 11.7 Å². The number of aryl methyl sites for hydroxylation is 1. The number of halogens is 4. The van der Waals surface area contributed by atoms with E-state index in [9.17, 15) is 32.7 Å². The Morgan fingerprint density at radius 2 is 1.90 bits per heavy atom. The minimum absolute atomic E-state index is 0.00304. The number of ether oxygens (including phenoxy) is 1. The number of carbonyl (C=O) groups is 2. The normalized spacial score (nSPS) is 19.4. The molecule has 14 nitrogen and oxygen atoms in total. The maximum absolute atomic E-state index is 14.3. The average molecular weight is 714 g/mol. The Labute approximate surface area is 287 Å². The lowest BCUT2D eigenvalue weighted by Gasteiger charge is -2.36. The summed E-state index contributed by atoms with van der Waals surface area (Å²) in [5, 5.41) is 17.3. The molecule has 1 saturated heterocycles. The third kappa shape index (κ3) is 5.83. The molecule has 4 aromatic rings. The lowest BCUT2D eigenvalue weighted by atomic mass is 10.0. The Balaban J connectivity index is 1.26. The number of anilines is 2. The molecule has 2 N–H and O–H groups in total. The Hall–Kier alpha value is -5.03. The first kappa shape index (κ1) is 33.5. The van der Waals surface area contributed by atoms with E-state index in [2.05, 4.69) is 20.4 Å². The quantitative estimate of drug-likeness (QED) is 0.311. The summed E-state index contributed by atoms with van der Waals surface area (Å²) in [6.45, 7) is 5.16. The summed E-state index contributed by atoms with van der Waals surface area (Å²) in [6, 6.07) is 1.77. The van der Waals surface area contributed by atoms with Crippen molar-refractivity contribution in [2.75, 3.05) is 49.6 Å². The Morgan fingerprint density at radius 1 is 1.14 bits per heavy atom. The predicted octanol–water partition coefficient (Wildman–Crippen LogP) is 3.82. The van der Waals surface area contributed by atoms with E-state index in [1.54, 1.807) is 11.5 Å². The number of aromatic hydroxyl groups is 1. The van der Waals surface area contributed by atoms with Gasteiger partial charge in [0.05, 0.1) is 40.9 Å². The first-order valence-electron chi connectivity index (χ1n) is 15.9. The highest BCUT2D eigenvalue weighted by Gasteiger charge is 2.41. The number of amides is 2. The maximum atomic E-state index is 14.3. The van der Waals surface area contributed by atoms with Crippen molar-refractivity contribution in [2.24, 2.45) is 0 Å². The zero-order valence-electron chi connectivity index (χ0n) is 26.9. The molecular weight excluding hydrogens is 683 g/mol. The topological polar surface area (TPSA) is 160 Å². The molecule has 2 amide bonds. The number of piperazine rings is 1. The standard InChI is InChI=1S/C32H31ClF3N9O5/c1-16-13-22(28(47)39-21-4-3-19(14-20(21)33)32(34,35)36)44-24(16)25(30(49)45-31(44)40-27(41-45)18-5-11-50-12-6-18)42-7-9-43(10-8-42)29(48)23-26(46)17(2)37-15-38-23/h3-5,14-16,22,46H,6-13H2,1-2H3,(H,39,47). The molecule has 0 aliphatic carbocycles. The number of fused-ring (bicyclic) bond motifs is 3. The van der Waals surface area contributed by atoms with Gasteiger partial charge in [0.25, 0.3) is 11.5 Å². The fourth-order valence-electron chi connectivity index (χ4n) is 6.66. The first-order chi connectivity index (χ1) is 23.8. The molecule has 0 bridgehead atoms. The lowest BCUT2D eigenvalue weighted by molar-refractivity contribution is -0.137. The van der Waals surface area contributed by atoms with Crippen molar-refractivity contribution in [1.82, 2.24) is 34.0 Å². The molecule has 7 rings (SSSR count). The van der Waals surface area contributed by atoms with E-state index in [1.807, 2.05) is 17.9 Å². The Kier molecular flexibility index (Phi) is 8.50. The maximum Gasteiger partial charge on any atom is 0.416 e.